The molecule has 2 atom stereocenters. The van der Waals surface area contributed by atoms with E-state index < -0.39 is 0 Å². The number of fused-ring (bicyclic) bond motifs is 1. The van der Waals surface area contributed by atoms with Crippen LogP contribution in [0.1, 0.15) is 11.7 Å². The SMILES string of the molecule is NC(c1cnccn1)C1CSc2ccccc2O1. The van der Waals surface area contributed by atoms with Crippen molar-refractivity contribution in [3.63, 3.8) is 0 Å². The highest BCUT2D eigenvalue weighted by Crippen LogP contribution is 2.37. The Morgan fingerprint density at radius 2 is 2.22 bits per heavy atom. The minimum atomic E-state index is -0.250. The Kier molecular flexibility index (Phi) is 3.17. The molecule has 1 aliphatic rings. The van der Waals surface area contributed by atoms with Gasteiger partial charge in [-0.15, -0.1) is 11.8 Å². The molecule has 92 valence electrons. The zero-order chi connectivity index (χ0) is 12.4. The smallest absolute Gasteiger partial charge is 0.133 e. The summed E-state index contributed by atoms with van der Waals surface area (Å²) in [6.07, 6.45) is 4.92. The third kappa shape index (κ3) is 2.19. The topological polar surface area (TPSA) is 61.0 Å². The van der Waals surface area contributed by atoms with Gasteiger partial charge in [0.2, 0.25) is 0 Å². The van der Waals surface area contributed by atoms with E-state index in [-0.39, 0.29) is 12.1 Å². The monoisotopic (exact) mass is 259 g/mol. The van der Waals surface area contributed by atoms with Crippen molar-refractivity contribution in [2.24, 2.45) is 5.73 Å². The van der Waals surface area contributed by atoms with Crippen molar-refractivity contribution in [2.75, 3.05) is 5.75 Å². The summed E-state index contributed by atoms with van der Waals surface area (Å²) in [4.78, 5) is 9.44. The second-order valence-corrected chi connectivity index (χ2v) is 5.13. The molecule has 3 rings (SSSR count). The van der Waals surface area contributed by atoms with Crippen LogP contribution in [-0.2, 0) is 0 Å². The molecule has 2 aromatic rings. The lowest BCUT2D eigenvalue weighted by molar-refractivity contribution is 0.183. The molecule has 0 radical (unpaired) electrons. The summed E-state index contributed by atoms with van der Waals surface area (Å²) in [5.74, 6) is 1.73. The van der Waals surface area contributed by atoms with Gasteiger partial charge in [0.25, 0.3) is 0 Å². The quantitative estimate of drug-likeness (QED) is 0.894. The van der Waals surface area contributed by atoms with Crippen molar-refractivity contribution in [1.29, 1.82) is 0 Å². The highest BCUT2D eigenvalue weighted by Gasteiger charge is 2.27. The summed E-state index contributed by atoms with van der Waals surface area (Å²) in [5.41, 5.74) is 6.95. The third-order valence-electron chi connectivity index (χ3n) is 2.86. The highest BCUT2D eigenvalue weighted by atomic mass is 32.2. The van der Waals surface area contributed by atoms with E-state index in [0.29, 0.717) is 0 Å². The van der Waals surface area contributed by atoms with Crippen molar-refractivity contribution in [3.8, 4) is 5.75 Å². The second-order valence-electron chi connectivity index (χ2n) is 4.07. The van der Waals surface area contributed by atoms with Gasteiger partial charge in [-0.05, 0) is 12.1 Å². The molecule has 1 aliphatic heterocycles. The van der Waals surface area contributed by atoms with Crippen molar-refractivity contribution in [3.05, 3.63) is 48.5 Å². The van der Waals surface area contributed by atoms with E-state index in [2.05, 4.69) is 16.0 Å². The number of hydrogen-bond acceptors (Lipinski definition) is 5. The van der Waals surface area contributed by atoms with Gasteiger partial charge < -0.3 is 10.5 Å². The molecule has 0 spiro atoms. The fourth-order valence-electron chi connectivity index (χ4n) is 1.89. The molecule has 0 saturated carbocycles. The van der Waals surface area contributed by atoms with E-state index in [1.54, 1.807) is 30.4 Å². The Balaban J connectivity index is 1.80. The first-order valence-corrected chi connectivity index (χ1v) is 6.73. The first-order valence-electron chi connectivity index (χ1n) is 5.74. The summed E-state index contributed by atoms with van der Waals surface area (Å²) in [6, 6.07) is 7.76. The molecular formula is C13H13N3OS. The number of benzene rings is 1. The zero-order valence-corrected chi connectivity index (χ0v) is 10.5. The maximum atomic E-state index is 6.19. The van der Waals surface area contributed by atoms with Gasteiger partial charge in [0, 0.05) is 23.0 Å². The van der Waals surface area contributed by atoms with Gasteiger partial charge in [0.1, 0.15) is 11.9 Å². The van der Waals surface area contributed by atoms with E-state index in [0.717, 1.165) is 17.2 Å². The molecule has 5 heteroatoms. The number of nitrogens with two attached hydrogens (primary N) is 1. The van der Waals surface area contributed by atoms with Crippen molar-refractivity contribution in [2.45, 2.75) is 17.0 Å². The summed E-state index contributed by atoms with van der Waals surface area (Å²) in [6.45, 7) is 0. The molecule has 2 unspecified atom stereocenters. The molecule has 1 aromatic heterocycles. The van der Waals surface area contributed by atoms with Crippen LogP contribution in [0, 0.1) is 0 Å². The van der Waals surface area contributed by atoms with Gasteiger partial charge in [-0.25, -0.2) is 0 Å². The normalized spacial score (nSPS) is 19.7. The van der Waals surface area contributed by atoms with E-state index in [4.69, 9.17) is 10.5 Å². The van der Waals surface area contributed by atoms with E-state index in [1.165, 1.54) is 4.90 Å². The second kappa shape index (κ2) is 4.96. The van der Waals surface area contributed by atoms with Gasteiger partial charge in [0.15, 0.2) is 0 Å². The number of para-hydroxylation sites is 1. The summed E-state index contributed by atoms with van der Waals surface area (Å²) >= 11 is 1.77. The summed E-state index contributed by atoms with van der Waals surface area (Å²) in [7, 11) is 0. The van der Waals surface area contributed by atoms with Gasteiger partial charge >= 0.3 is 0 Å². The van der Waals surface area contributed by atoms with Gasteiger partial charge in [0.05, 0.1) is 17.9 Å². The Hall–Kier alpha value is -1.59. The highest BCUT2D eigenvalue weighted by molar-refractivity contribution is 7.99. The minimum absolute atomic E-state index is 0.0680. The fraction of sp³-hybridized carbons (Fsp3) is 0.231. The summed E-state index contributed by atoms with van der Waals surface area (Å²) in [5, 5.41) is 0. The van der Waals surface area contributed by atoms with Crippen LogP contribution in [0.3, 0.4) is 0 Å². The number of nitrogens with zero attached hydrogens (tertiary/aromatic N) is 2. The first-order chi connectivity index (χ1) is 8.84. The lowest BCUT2D eigenvalue weighted by Gasteiger charge is -2.29. The van der Waals surface area contributed by atoms with Crippen molar-refractivity contribution < 1.29 is 4.74 Å². The molecule has 2 heterocycles. The van der Waals surface area contributed by atoms with Crippen LogP contribution in [0.5, 0.6) is 5.75 Å². The Bertz CT molecular complexity index is 535. The molecule has 0 fully saturated rings. The Labute approximate surface area is 110 Å². The molecule has 1 aromatic carbocycles. The molecule has 0 saturated heterocycles. The number of rotatable bonds is 2. The predicted octanol–water partition coefficient (Wildman–Crippen LogP) is 2.03. The van der Waals surface area contributed by atoms with Crippen molar-refractivity contribution in [1.82, 2.24) is 9.97 Å². The van der Waals surface area contributed by atoms with E-state index in [9.17, 15) is 0 Å². The van der Waals surface area contributed by atoms with Gasteiger partial charge in [-0.2, -0.15) is 0 Å². The molecule has 0 amide bonds. The minimum Gasteiger partial charge on any atom is -0.486 e. The Morgan fingerprint density at radius 1 is 1.33 bits per heavy atom. The molecular weight excluding hydrogens is 246 g/mol. The van der Waals surface area contributed by atoms with Crippen LogP contribution in [-0.4, -0.2) is 21.8 Å². The molecule has 0 aliphatic carbocycles. The zero-order valence-electron chi connectivity index (χ0n) is 9.69. The maximum Gasteiger partial charge on any atom is 0.133 e. The standard InChI is InChI=1S/C13H13N3OS/c14-13(9-7-15-5-6-16-9)11-8-18-12-4-2-1-3-10(12)17-11/h1-7,11,13H,8,14H2. The number of ether oxygens (including phenoxy) is 1. The molecule has 2 N–H and O–H groups in total. The van der Waals surface area contributed by atoms with Crippen LogP contribution < -0.4 is 10.5 Å². The average Bonchev–Trinajstić information content (AvgIpc) is 2.47. The van der Waals surface area contributed by atoms with Crippen LogP contribution in [0.2, 0.25) is 0 Å². The third-order valence-corrected chi connectivity index (χ3v) is 4.00. The lowest BCUT2D eigenvalue weighted by atomic mass is 10.1. The van der Waals surface area contributed by atoms with Crippen molar-refractivity contribution >= 4 is 11.8 Å². The van der Waals surface area contributed by atoms with Gasteiger partial charge in [-0.3, -0.25) is 9.97 Å². The average molecular weight is 259 g/mol. The van der Waals surface area contributed by atoms with E-state index >= 15 is 0 Å². The lowest BCUT2D eigenvalue weighted by Crippen LogP contribution is -2.36. The number of hydrogen-bond donors (Lipinski definition) is 1. The summed E-state index contributed by atoms with van der Waals surface area (Å²) < 4.78 is 5.93. The maximum absolute atomic E-state index is 6.19. The van der Waals surface area contributed by atoms with Crippen LogP contribution >= 0.6 is 11.8 Å². The molecule has 0 bridgehead atoms. The van der Waals surface area contributed by atoms with Crippen LogP contribution in [0.15, 0.2) is 47.8 Å². The fourth-order valence-corrected chi connectivity index (χ4v) is 2.94. The van der Waals surface area contributed by atoms with Crippen LogP contribution in [0.25, 0.3) is 0 Å². The molecule has 18 heavy (non-hydrogen) atoms. The van der Waals surface area contributed by atoms with Gasteiger partial charge in [-0.1, -0.05) is 12.1 Å². The van der Waals surface area contributed by atoms with Crippen LogP contribution in [0.4, 0.5) is 0 Å². The number of aromatic nitrogens is 2. The predicted molar refractivity (Wildman–Crippen MR) is 70.5 cm³/mol. The molecule has 4 nitrogen and oxygen atoms in total. The Morgan fingerprint density at radius 3 is 3.06 bits per heavy atom. The largest absolute Gasteiger partial charge is 0.486 e. The number of thioether (sulfide) groups is 1. The first kappa shape index (κ1) is 11.5. The van der Waals surface area contributed by atoms with E-state index in [1.807, 2.05) is 18.2 Å².